The van der Waals surface area contributed by atoms with Crippen molar-refractivity contribution in [1.82, 2.24) is 9.80 Å². The first-order valence-electron chi connectivity index (χ1n) is 7.88. The number of hydrogen-bond acceptors (Lipinski definition) is 4. The maximum atomic E-state index is 11.9. The second-order valence-electron chi connectivity index (χ2n) is 6.41. The minimum atomic E-state index is -3.48. The van der Waals surface area contributed by atoms with E-state index in [0.29, 0.717) is 18.9 Å². The third-order valence-corrected chi connectivity index (χ3v) is 5.66. The Hall–Kier alpha value is -0.660. The molecule has 2 saturated heterocycles. The van der Waals surface area contributed by atoms with Crippen molar-refractivity contribution in [3.05, 3.63) is 0 Å². The van der Waals surface area contributed by atoms with Crippen LogP contribution in [0.25, 0.3) is 0 Å². The number of carbonyl (C=O) groups excluding carboxylic acids is 1. The lowest BCUT2D eigenvalue weighted by Crippen LogP contribution is -2.35. The van der Waals surface area contributed by atoms with E-state index in [2.05, 4.69) is 11.8 Å². The lowest BCUT2D eigenvalue weighted by molar-refractivity contribution is -0.127. The number of amides is 1. The number of hydrogen-bond donors (Lipinski definition) is 1. The number of rotatable bonds is 6. The van der Waals surface area contributed by atoms with Gasteiger partial charge in [-0.1, -0.05) is 6.92 Å². The highest BCUT2D eigenvalue weighted by atomic mass is 32.2. The fourth-order valence-electron chi connectivity index (χ4n) is 3.44. The molecule has 1 amide bonds. The molecule has 21 heavy (non-hydrogen) atoms. The van der Waals surface area contributed by atoms with E-state index in [-0.39, 0.29) is 17.6 Å². The van der Waals surface area contributed by atoms with Crippen LogP contribution in [0.2, 0.25) is 0 Å². The largest absolute Gasteiger partial charge is 0.342 e. The van der Waals surface area contributed by atoms with Gasteiger partial charge in [-0.05, 0) is 44.8 Å². The average molecular weight is 317 g/mol. The monoisotopic (exact) mass is 317 g/mol. The first-order chi connectivity index (χ1) is 9.87. The number of carbonyl (C=O) groups is 1. The van der Waals surface area contributed by atoms with Gasteiger partial charge in [-0.25, -0.2) is 13.6 Å². The molecular weight excluding hydrogens is 290 g/mol. The molecule has 1 unspecified atom stereocenters. The van der Waals surface area contributed by atoms with Crippen LogP contribution in [0.15, 0.2) is 0 Å². The van der Waals surface area contributed by atoms with Crippen molar-refractivity contribution in [2.45, 2.75) is 32.6 Å². The molecule has 1 atom stereocenters. The molecule has 2 heterocycles. The van der Waals surface area contributed by atoms with Gasteiger partial charge in [-0.3, -0.25) is 4.79 Å². The summed E-state index contributed by atoms with van der Waals surface area (Å²) >= 11 is 0. The summed E-state index contributed by atoms with van der Waals surface area (Å²) in [5, 5.41) is 5.06. The number of primary sulfonamides is 1. The molecule has 7 heteroatoms. The molecule has 2 rings (SSSR count). The molecule has 0 bridgehead atoms. The van der Waals surface area contributed by atoms with E-state index < -0.39 is 10.0 Å². The summed E-state index contributed by atoms with van der Waals surface area (Å²) in [4.78, 5) is 16.2. The SMILES string of the molecule is CCN1CCC(CCN2CC(CS(N)(=O)=O)CC2=O)CC1. The van der Waals surface area contributed by atoms with Crippen molar-refractivity contribution in [2.24, 2.45) is 17.0 Å². The molecule has 0 spiro atoms. The first-order valence-corrected chi connectivity index (χ1v) is 9.59. The molecular formula is C14H27N3O3S. The van der Waals surface area contributed by atoms with Crippen LogP contribution in [0.3, 0.4) is 0 Å². The molecule has 2 aliphatic heterocycles. The van der Waals surface area contributed by atoms with Crippen LogP contribution < -0.4 is 5.14 Å². The Labute approximate surface area is 127 Å². The molecule has 0 saturated carbocycles. The topological polar surface area (TPSA) is 83.7 Å². The second-order valence-corrected chi connectivity index (χ2v) is 8.06. The van der Waals surface area contributed by atoms with E-state index in [1.54, 1.807) is 0 Å². The quantitative estimate of drug-likeness (QED) is 0.761. The first kappa shape index (κ1) is 16.7. The van der Waals surface area contributed by atoms with Gasteiger partial charge in [0, 0.05) is 25.4 Å². The predicted octanol–water partition coefficient (Wildman–Crippen LogP) is 0.245. The van der Waals surface area contributed by atoms with Crippen molar-refractivity contribution in [2.75, 3.05) is 38.5 Å². The Bertz CT molecular complexity index is 458. The third kappa shape index (κ3) is 5.23. The number of piperidine rings is 1. The smallest absolute Gasteiger partial charge is 0.222 e. The van der Waals surface area contributed by atoms with Crippen LogP contribution in [0.5, 0.6) is 0 Å². The molecule has 0 aliphatic carbocycles. The van der Waals surface area contributed by atoms with Crippen LogP contribution in [-0.2, 0) is 14.8 Å². The Kier molecular flexibility index (Phi) is 5.62. The zero-order chi connectivity index (χ0) is 15.5. The Morgan fingerprint density at radius 3 is 2.48 bits per heavy atom. The van der Waals surface area contributed by atoms with Gasteiger partial charge in [0.2, 0.25) is 15.9 Å². The number of nitrogens with zero attached hydrogens (tertiary/aromatic N) is 2. The summed E-state index contributed by atoms with van der Waals surface area (Å²) in [5.41, 5.74) is 0. The zero-order valence-corrected chi connectivity index (χ0v) is 13.6. The Morgan fingerprint density at radius 1 is 1.24 bits per heavy atom. The van der Waals surface area contributed by atoms with Gasteiger partial charge in [0.1, 0.15) is 0 Å². The van der Waals surface area contributed by atoms with Crippen LogP contribution >= 0.6 is 0 Å². The zero-order valence-electron chi connectivity index (χ0n) is 12.8. The maximum absolute atomic E-state index is 11.9. The molecule has 0 aromatic carbocycles. The maximum Gasteiger partial charge on any atom is 0.222 e. The molecule has 2 N–H and O–H groups in total. The van der Waals surface area contributed by atoms with Gasteiger partial charge < -0.3 is 9.80 Å². The highest BCUT2D eigenvalue weighted by Gasteiger charge is 2.32. The van der Waals surface area contributed by atoms with Gasteiger partial charge in [-0.15, -0.1) is 0 Å². The fourth-order valence-corrected chi connectivity index (χ4v) is 4.32. The predicted molar refractivity (Wildman–Crippen MR) is 82.1 cm³/mol. The molecule has 2 aliphatic rings. The molecule has 2 fully saturated rings. The molecule has 6 nitrogen and oxygen atoms in total. The minimum absolute atomic E-state index is 0.0784. The number of nitrogens with two attached hydrogens (primary N) is 1. The van der Waals surface area contributed by atoms with Crippen LogP contribution in [-0.4, -0.2) is 62.6 Å². The molecule has 122 valence electrons. The van der Waals surface area contributed by atoms with E-state index in [9.17, 15) is 13.2 Å². The summed E-state index contributed by atoms with van der Waals surface area (Å²) in [6.07, 6.45) is 3.77. The van der Waals surface area contributed by atoms with Crippen LogP contribution in [0.1, 0.15) is 32.6 Å². The number of likely N-dealkylation sites (tertiary alicyclic amines) is 2. The van der Waals surface area contributed by atoms with Crippen molar-refractivity contribution in [3.8, 4) is 0 Å². The van der Waals surface area contributed by atoms with Crippen molar-refractivity contribution in [1.29, 1.82) is 0 Å². The third-order valence-electron chi connectivity index (χ3n) is 4.72. The van der Waals surface area contributed by atoms with Crippen molar-refractivity contribution >= 4 is 15.9 Å². The van der Waals surface area contributed by atoms with E-state index >= 15 is 0 Å². The van der Waals surface area contributed by atoms with Crippen molar-refractivity contribution in [3.63, 3.8) is 0 Å². The summed E-state index contributed by atoms with van der Waals surface area (Å²) in [6.45, 7) is 6.92. The van der Waals surface area contributed by atoms with Gasteiger partial charge in [0.05, 0.1) is 5.75 Å². The molecule has 0 radical (unpaired) electrons. The lowest BCUT2D eigenvalue weighted by atomic mass is 9.93. The van der Waals surface area contributed by atoms with E-state index in [1.807, 2.05) is 4.90 Å². The Morgan fingerprint density at radius 2 is 1.90 bits per heavy atom. The molecule has 0 aromatic rings. The highest BCUT2D eigenvalue weighted by molar-refractivity contribution is 7.89. The second kappa shape index (κ2) is 7.07. The van der Waals surface area contributed by atoms with E-state index in [4.69, 9.17) is 5.14 Å². The highest BCUT2D eigenvalue weighted by Crippen LogP contribution is 2.24. The van der Waals surface area contributed by atoms with Gasteiger partial charge >= 0.3 is 0 Å². The fraction of sp³-hybridized carbons (Fsp3) is 0.929. The summed E-state index contributed by atoms with van der Waals surface area (Å²) in [7, 11) is -3.48. The standard InChI is InChI=1S/C14H27N3O3S/c1-2-16-6-3-12(4-7-16)5-8-17-10-13(9-14(17)18)11-21(15,19)20/h12-13H,2-11H2,1H3,(H2,15,19,20). The van der Waals surface area contributed by atoms with E-state index in [1.165, 1.54) is 12.8 Å². The lowest BCUT2D eigenvalue weighted by Gasteiger charge is -2.31. The number of sulfonamides is 1. The minimum Gasteiger partial charge on any atom is -0.342 e. The summed E-state index contributed by atoms with van der Waals surface area (Å²) in [6, 6.07) is 0. The van der Waals surface area contributed by atoms with Gasteiger partial charge in [-0.2, -0.15) is 0 Å². The average Bonchev–Trinajstić information content (AvgIpc) is 2.74. The van der Waals surface area contributed by atoms with Crippen LogP contribution in [0.4, 0.5) is 0 Å². The Balaban J connectivity index is 1.73. The normalized spacial score (nSPS) is 25.7. The van der Waals surface area contributed by atoms with Crippen LogP contribution in [0, 0.1) is 11.8 Å². The van der Waals surface area contributed by atoms with Gasteiger partial charge in [0.15, 0.2) is 0 Å². The molecule has 0 aromatic heterocycles. The summed E-state index contributed by atoms with van der Waals surface area (Å²) < 4.78 is 22.2. The summed E-state index contributed by atoms with van der Waals surface area (Å²) in [5.74, 6) is 0.561. The van der Waals surface area contributed by atoms with Gasteiger partial charge in [0.25, 0.3) is 0 Å². The van der Waals surface area contributed by atoms with Crippen molar-refractivity contribution < 1.29 is 13.2 Å². The van der Waals surface area contributed by atoms with E-state index in [0.717, 1.165) is 32.6 Å².